The standard InChI is InChI=1S/C57H101NO8/c1-6-8-10-12-14-16-18-20-22-23-24-25-26-27-28-29-30-31-32-33-34-36-38-40-42-44-46-48-55(60)66-53(52-65-57(56(61)62)63-50-49-58(3,4)5)51-64-54(59)47-45-43-41-39-37-35-21-19-17-15-13-11-9-7-2/h13,15,18-21,23-24,26-27,53,57H,6-12,14,16-17,22,25,28-52H2,1-5H3/b15-13-,20-18-,21-19-,24-23-,27-26-. The van der Waals surface area contributed by atoms with E-state index in [2.05, 4.69) is 74.6 Å². The van der Waals surface area contributed by atoms with Gasteiger partial charge in [0.25, 0.3) is 0 Å². The van der Waals surface area contributed by atoms with Crippen LogP contribution in [0.15, 0.2) is 60.8 Å². The van der Waals surface area contributed by atoms with Crippen LogP contribution in [0.3, 0.4) is 0 Å². The molecule has 0 radical (unpaired) electrons. The van der Waals surface area contributed by atoms with Crippen molar-refractivity contribution in [3.8, 4) is 0 Å². The Balaban J connectivity index is 4.25. The van der Waals surface area contributed by atoms with Crippen LogP contribution in [-0.2, 0) is 33.3 Å². The largest absolute Gasteiger partial charge is 0.545 e. The molecule has 0 saturated heterocycles. The average molecular weight is 928 g/mol. The number of aliphatic carboxylic acids is 1. The lowest BCUT2D eigenvalue weighted by Gasteiger charge is -2.26. The van der Waals surface area contributed by atoms with Gasteiger partial charge in [-0.2, -0.15) is 0 Å². The zero-order valence-corrected chi connectivity index (χ0v) is 43.3. The molecule has 0 aliphatic carbocycles. The number of rotatable bonds is 49. The first-order chi connectivity index (χ1) is 32.1. The van der Waals surface area contributed by atoms with Gasteiger partial charge in [-0.05, 0) is 77.0 Å². The number of nitrogens with zero attached hydrogens (tertiary/aromatic N) is 1. The van der Waals surface area contributed by atoms with Crippen molar-refractivity contribution in [1.82, 2.24) is 0 Å². The molecule has 0 heterocycles. The third-order valence-corrected chi connectivity index (χ3v) is 11.5. The summed E-state index contributed by atoms with van der Waals surface area (Å²) in [5.74, 6) is -2.30. The van der Waals surface area contributed by atoms with Gasteiger partial charge in [0.2, 0.25) is 0 Å². The summed E-state index contributed by atoms with van der Waals surface area (Å²) in [7, 11) is 5.91. The van der Waals surface area contributed by atoms with E-state index in [-0.39, 0.29) is 38.6 Å². The van der Waals surface area contributed by atoms with Gasteiger partial charge in [0.05, 0.1) is 40.3 Å². The van der Waals surface area contributed by atoms with Crippen LogP contribution in [0.5, 0.6) is 0 Å². The van der Waals surface area contributed by atoms with Gasteiger partial charge in [-0.1, -0.05) is 197 Å². The Kier molecular flexibility index (Phi) is 46.2. The number of hydrogen-bond acceptors (Lipinski definition) is 8. The SMILES string of the molecule is CCCC/C=C\C/C=C\CCCCCCCC(=O)OCC(COC(OCC[N+](C)(C)C)C(=O)[O-])OC(=O)CCCCCCCCCCCCCC/C=C\C/C=C\C/C=C\CCCCCCC. The number of esters is 2. The molecule has 0 rings (SSSR count). The minimum atomic E-state index is -1.63. The van der Waals surface area contributed by atoms with E-state index in [9.17, 15) is 19.5 Å². The molecule has 0 spiro atoms. The number of quaternary nitrogens is 1. The number of carboxylic acid groups (broad SMARTS) is 1. The second kappa shape index (κ2) is 48.4. The second-order valence-corrected chi connectivity index (χ2v) is 19.2. The van der Waals surface area contributed by atoms with Crippen LogP contribution in [0.4, 0.5) is 0 Å². The Hall–Kier alpha value is -3.01. The van der Waals surface area contributed by atoms with E-state index in [1.807, 2.05) is 21.1 Å². The van der Waals surface area contributed by atoms with Crippen LogP contribution in [0.25, 0.3) is 0 Å². The van der Waals surface area contributed by atoms with Crippen molar-refractivity contribution in [2.24, 2.45) is 0 Å². The van der Waals surface area contributed by atoms with E-state index in [1.165, 1.54) is 109 Å². The molecule has 0 bridgehead atoms. The minimum absolute atomic E-state index is 0.143. The van der Waals surface area contributed by atoms with E-state index < -0.39 is 24.3 Å². The zero-order valence-electron chi connectivity index (χ0n) is 43.3. The van der Waals surface area contributed by atoms with Crippen LogP contribution in [0, 0.1) is 0 Å². The van der Waals surface area contributed by atoms with Gasteiger partial charge in [0, 0.05) is 12.8 Å². The van der Waals surface area contributed by atoms with Crippen molar-refractivity contribution >= 4 is 17.9 Å². The highest BCUT2D eigenvalue weighted by molar-refractivity contribution is 5.70. The number of likely N-dealkylation sites (N-methyl/N-ethyl adjacent to an activating group) is 1. The summed E-state index contributed by atoms with van der Waals surface area (Å²) < 4.78 is 22.6. The maximum Gasteiger partial charge on any atom is 0.306 e. The molecular formula is C57H101NO8. The minimum Gasteiger partial charge on any atom is -0.545 e. The second-order valence-electron chi connectivity index (χ2n) is 19.2. The van der Waals surface area contributed by atoms with Crippen molar-refractivity contribution < 1.29 is 42.9 Å². The monoisotopic (exact) mass is 928 g/mol. The first-order valence-corrected chi connectivity index (χ1v) is 26.9. The fourth-order valence-corrected chi connectivity index (χ4v) is 7.26. The van der Waals surface area contributed by atoms with E-state index in [4.69, 9.17) is 18.9 Å². The van der Waals surface area contributed by atoms with Crippen LogP contribution in [-0.4, -0.2) is 82.3 Å². The van der Waals surface area contributed by atoms with E-state index >= 15 is 0 Å². The molecule has 0 fully saturated rings. The molecular weight excluding hydrogens is 827 g/mol. The van der Waals surface area contributed by atoms with E-state index in [0.29, 0.717) is 17.4 Å². The first-order valence-electron chi connectivity index (χ1n) is 26.9. The first kappa shape index (κ1) is 63.0. The lowest BCUT2D eigenvalue weighted by molar-refractivity contribution is -0.870. The number of carbonyl (C=O) groups is 3. The fraction of sp³-hybridized carbons (Fsp3) is 0.772. The Morgan fingerprint density at radius 3 is 1.26 bits per heavy atom. The molecule has 0 N–H and O–H groups in total. The number of carboxylic acids is 1. The summed E-state index contributed by atoms with van der Waals surface area (Å²) in [6.45, 7) is 4.68. The summed E-state index contributed by atoms with van der Waals surface area (Å²) in [6, 6.07) is 0. The molecule has 0 aromatic carbocycles. The number of hydrogen-bond donors (Lipinski definition) is 0. The molecule has 0 aromatic rings. The third-order valence-electron chi connectivity index (χ3n) is 11.5. The van der Waals surface area contributed by atoms with Crippen LogP contribution in [0.2, 0.25) is 0 Å². The highest BCUT2D eigenvalue weighted by Gasteiger charge is 2.22. The molecule has 0 aromatic heterocycles. The van der Waals surface area contributed by atoms with E-state index in [1.54, 1.807) is 0 Å². The van der Waals surface area contributed by atoms with Crippen molar-refractivity contribution in [3.05, 3.63) is 60.8 Å². The molecule has 0 saturated carbocycles. The number of carbonyl (C=O) groups excluding carboxylic acids is 3. The van der Waals surface area contributed by atoms with Crippen LogP contribution < -0.4 is 5.11 Å². The molecule has 0 amide bonds. The predicted octanol–water partition coefficient (Wildman–Crippen LogP) is 14.0. The number of unbranched alkanes of at least 4 members (excludes halogenated alkanes) is 24. The molecule has 2 unspecified atom stereocenters. The smallest absolute Gasteiger partial charge is 0.306 e. The van der Waals surface area contributed by atoms with Gasteiger partial charge in [0.15, 0.2) is 12.4 Å². The lowest BCUT2D eigenvalue weighted by atomic mass is 10.0. The highest BCUT2D eigenvalue weighted by Crippen LogP contribution is 2.15. The molecule has 2 atom stereocenters. The Labute approximate surface area is 405 Å². The lowest BCUT2D eigenvalue weighted by Crippen LogP contribution is -2.44. The van der Waals surface area contributed by atoms with Crippen molar-refractivity contribution in [2.75, 3.05) is 47.5 Å². The van der Waals surface area contributed by atoms with E-state index in [0.717, 1.165) is 83.5 Å². The van der Waals surface area contributed by atoms with Gasteiger partial charge in [-0.25, -0.2) is 0 Å². The number of ether oxygens (including phenoxy) is 4. The molecule has 9 heteroatoms. The predicted molar refractivity (Wildman–Crippen MR) is 274 cm³/mol. The van der Waals surface area contributed by atoms with Crippen LogP contribution >= 0.6 is 0 Å². The van der Waals surface area contributed by atoms with Crippen molar-refractivity contribution in [1.29, 1.82) is 0 Å². The maximum absolute atomic E-state index is 12.8. The molecule has 382 valence electrons. The molecule has 0 aliphatic rings. The maximum atomic E-state index is 12.8. The van der Waals surface area contributed by atoms with Gasteiger partial charge in [-0.15, -0.1) is 0 Å². The Morgan fingerprint density at radius 1 is 0.455 bits per heavy atom. The Bertz CT molecular complexity index is 1270. The molecule has 9 nitrogen and oxygen atoms in total. The zero-order chi connectivity index (χ0) is 48.4. The summed E-state index contributed by atoms with van der Waals surface area (Å²) in [4.78, 5) is 37.1. The quantitative estimate of drug-likeness (QED) is 0.0195. The van der Waals surface area contributed by atoms with Crippen LogP contribution in [0.1, 0.15) is 226 Å². The summed E-state index contributed by atoms with van der Waals surface area (Å²) in [6.07, 6.45) is 56.9. The molecule has 0 aliphatic heterocycles. The van der Waals surface area contributed by atoms with Crippen molar-refractivity contribution in [3.63, 3.8) is 0 Å². The average Bonchev–Trinajstić information content (AvgIpc) is 3.28. The number of allylic oxidation sites excluding steroid dienone is 10. The topological polar surface area (TPSA) is 111 Å². The van der Waals surface area contributed by atoms with Gasteiger partial charge >= 0.3 is 11.9 Å². The highest BCUT2D eigenvalue weighted by atomic mass is 16.7. The third kappa shape index (κ3) is 48.9. The molecule has 66 heavy (non-hydrogen) atoms. The summed E-state index contributed by atoms with van der Waals surface area (Å²) >= 11 is 0. The Morgan fingerprint density at radius 2 is 0.833 bits per heavy atom. The fourth-order valence-electron chi connectivity index (χ4n) is 7.26. The van der Waals surface area contributed by atoms with Gasteiger partial charge in [-0.3, -0.25) is 9.59 Å². The van der Waals surface area contributed by atoms with Crippen molar-refractivity contribution in [2.45, 2.75) is 238 Å². The normalized spacial score (nSPS) is 13.3. The van der Waals surface area contributed by atoms with Gasteiger partial charge in [0.1, 0.15) is 13.2 Å². The van der Waals surface area contributed by atoms with Gasteiger partial charge < -0.3 is 33.3 Å². The summed E-state index contributed by atoms with van der Waals surface area (Å²) in [5, 5.41) is 11.7. The summed E-state index contributed by atoms with van der Waals surface area (Å²) in [5.41, 5.74) is 0.